The van der Waals surface area contributed by atoms with Crippen molar-refractivity contribution < 1.29 is 0 Å². The molecule has 0 saturated carbocycles. The van der Waals surface area contributed by atoms with E-state index in [1.165, 1.54) is 51.4 Å². The van der Waals surface area contributed by atoms with E-state index in [1.54, 1.807) is 0 Å². The van der Waals surface area contributed by atoms with E-state index in [-0.39, 0.29) is 0 Å². The van der Waals surface area contributed by atoms with Gasteiger partial charge in [-0.25, -0.2) is 0 Å². The van der Waals surface area contributed by atoms with Crippen LogP contribution in [0.3, 0.4) is 0 Å². The molecule has 0 aromatic rings. The first-order valence-electron chi connectivity index (χ1n) is 8.09. The molecule has 0 bridgehead atoms. The van der Waals surface area contributed by atoms with Gasteiger partial charge in [-0.2, -0.15) is 0 Å². The van der Waals surface area contributed by atoms with Crippen molar-refractivity contribution in [1.29, 1.82) is 0 Å². The van der Waals surface area contributed by atoms with Gasteiger partial charge in [-0.3, -0.25) is 0 Å². The van der Waals surface area contributed by atoms with Gasteiger partial charge in [0.1, 0.15) is 0 Å². The van der Waals surface area contributed by atoms with Crippen LogP contribution in [0.25, 0.3) is 0 Å². The molecule has 0 amide bonds. The Labute approximate surface area is 118 Å². The smallest absolute Gasteiger partial charge is 0.0172 e. The van der Waals surface area contributed by atoms with Gasteiger partial charge in [0.25, 0.3) is 0 Å². The second-order valence-electron chi connectivity index (χ2n) is 4.20. The van der Waals surface area contributed by atoms with Crippen molar-refractivity contribution in [3.8, 4) is 0 Å². The maximum Gasteiger partial charge on any atom is -0.0172 e. The van der Waals surface area contributed by atoms with E-state index in [2.05, 4.69) is 39.5 Å². The fourth-order valence-corrected chi connectivity index (χ4v) is 1.35. The molecule has 0 aromatic carbocycles. The summed E-state index contributed by atoms with van der Waals surface area (Å²) in [4.78, 5) is 0. The Morgan fingerprint density at radius 1 is 0.722 bits per heavy atom. The lowest BCUT2D eigenvalue weighted by Gasteiger charge is -1.93. The molecular weight excluding hydrogens is 216 g/mol. The molecule has 0 rings (SSSR count). The summed E-state index contributed by atoms with van der Waals surface area (Å²) in [5, 5.41) is 0. The highest BCUT2D eigenvalue weighted by molar-refractivity contribution is 4.87. The minimum atomic E-state index is 1.02. The fourth-order valence-electron chi connectivity index (χ4n) is 1.35. The molecular formula is C18H38. The molecule has 0 aliphatic carbocycles. The summed E-state index contributed by atoms with van der Waals surface area (Å²) in [6, 6.07) is 0. The van der Waals surface area contributed by atoms with Crippen LogP contribution in [0.2, 0.25) is 0 Å². The molecule has 0 fully saturated rings. The van der Waals surface area contributed by atoms with Gasteiger partial charge in [-0.15, -0.1) is 6.58 Å². The van der Waals surface area contributed by atoms with Crippen molar-refractivity contribution in [1.82, 2.24) is 0 Å². The normalized spacial score (nSPS) is 9.17. The maximum absolute atomic E-state index is 3.66. The van der Waals surface area contributed by atoms with Gasteiger partial charge in [0.15, 0.2) is 0 Å². The van der Waals surface area contributed by atoms with Crippen LogP contribution in [0.15, 0.2) is 24.8 Å². The van der Waals surface area contributed by atoms with Crippen LogP contribution in [-0.4, -0.2) is 0 Å². The lowest BCUT2D eigenvalue weighted by molar-refractivity contribution is 0.674. The molecule has 0 N–H and O–H groups in total. The minimum absolute atomic E-state index is 1.02. The Hall–Kier alpha value is -0.520. The van der Waals surface area contributed by atoms with Gasteiger partial charge in [0, 0.05) is 0 Å². The predicted octanol–water partition coefficient (Wildman–Crippen LogP) is 7.31. The Morgan fingerprint density at radius 3 is 1.67 bits per heavy atom. The molecule has 0 heteroatoms. The summed E-state index contributed by atoms with van der Waals surface area (Å²) in [5.41, 5.74) is 0. The lowest BCUT2D eigenvalue weighted by atomic mass is 10.1. The molecule has 0 unspecified atom stereocenters. The molecule has 0 heterocycles. The standard InChI is InChI=1S/C11H20.C5H12.C2H6/c1-3-5-7-9-11-10-8-6-4-2;1-3-5-4-2;1-2/h3,7,9H,1,4-6,8,10-11H2,2H3;3-5H2,1-2H3;1-2H3/b9-7-;;. The zero-order valence-electron chi connectivity index (χ0n) is 13.8. The van der Waals surface area contributed by atoms with E-state index in [0.717, 1.165) is 6.42 Å². The first kappa shape index (κ1) is 22.6. The van der Waals surface area contributed by atoms with Gasteiger partial charge < -0.3 is 0 Å². The Kier molecular flexibility index (Phi) is 37.7. The van der Waals surface area contributed by atoms with Gasteiger partial charge in [-0.05, 0) is 19.3 Å². The monoisotopic (exact) mass is 254 g/mol. The van der Waals surface area contributed by atoms with E-state index >= 15 is 0 Å². The number of hydrogen-bond acceptors (Lipinski definition) is 0. The topological polar surface area (TPSA) is 0 Å². The largest absolute Gasteiger partial charge is 0.103 e. The number of allylic oxidation sites excluding steroid dienone is 3. The highest BCUT2D eigenvalue weighted by atomic mass is 13.9. The maximum atomic E-state index is 3.66. The Balaban J connectivity index is -0.000000270. The highest BCUT2D eigenvalue weighted by Gasteiger charge is 1.83. The average molecular weight is 255 g/mol. The van der Waals surface area contributed by atoms with Gasteiger partial charge in [-0.1, -0.05) is 91.4 Å². The first-order valence-corrected chi connectivity index (χ1v) is 8.09. The zero-order valence-corrected chi connectivity index (χ0v) is 13.8. The molecule has 0 aromatic heterocycles. The summed E-state index contributed by atoms with van der Waals surface area (Å²) in [6.45, 7) is 14.3. The molecule has 0 atom stereocenters. The minimum Gasteiger partial charge on any atom is -0.103 e. The summed E-state index contributed by atoms with van der Waals surface area (Å²) >= 11 is 0. The molecule has 0 aliphatic rings. The van der Waals surface area contributed by atoms with Crippen LogP contribution >= 0.6 is 0 Å². The van der Waals surface area contributed by atoms with Gasteiger partial charge in [0.2, 0.25) is 0 Å². The van der Waals surface area contributed by atoms with E-state index in [1.807, 2.05) is 19.9 Å². The third-order valence-corrected chi connectivity index (χ3v) is 2.40. The fraction of sp³-hybridized carbons (Fsp3) is 0.778. The third kappa shape index (κ3) is 36.1. The van der Waals surface area contributed by atoms with Crippen molar-refractivity contribution in [2.45, 2.75) is 92.4 Å². The quantitative estimate of drug-likeness (QED) is 0.299. The molecule has 110 valence electrons. The van der Waals surface area contributed by atoms with E-state index in [9.17, 15) is 0 Å². The Morgan fingerprint density at radius 2 is 1.28 bits per heavy atom. The predicted molar refractivity (Wildman–Crippen MR) is 89.3 cm³/mol. The average Bonchev–Trinajstić information content (AvgIpc) is 2.42. The lowest BCUT2D eigenvalue weighted by Crippen LogP contribution is -1.73. The van der Waals surface area contributed by atoms with E-state index in [0.29, 0.717) is 0 Å². The molecule has 0 aliphatic heterocycles. The van der Waals surface area contributed by atoms with Gasteiger partial charge >= 0.3 is 0 Å². The van der Waals surface area contributed by atoms with Crippen LogP contribution < -0.4 is 0 Å². The van der Waals surface area contributed by atoms with Crippen molar-refractivity contribution in [2.24, 2.45) is 0 Å². The Bertz CT molecular complexity index is 131. The van der Waals surface area contributed by atoms with E-state index < -0.39 is 0 Å². The van der Waals surface area contributed by atoms with Crippen LogP contribution in [0.5, 0.6) is 0 Å². The van der Waals surface area contributed by atoms with Crippen LogP contribution in [-0.2, 0) is 0 Å². The van der Waals surface area contributed by atoms with E-state index in [4.69, 9.17) is 0 Å². The third-order valence-electron chi connectivity index (χ3n) is 2.40. The zero-order chi connectivity index (χ0) is 14.5. The molecule has 0 spiro atoms. The summed E-state index contributed by atoms with van der Waals surface area (Å²) in [7, 11) is 0. The molecule has 0 radical (unpaired) electrons. The SMILES string of the molecule is C=CC/C=C\CCCCCC.CC.CCCCC. The van der Waals surface area contributed by atoms with Crippen molar-refractivity contribution in [2.75, 3.05) is 0 Å². The first-order chi connectivity index (χ1) is 8.83. The molecule has 0 nitrogen and oxygen atoms in total. The summed E-state index contributed by atoms with van der Waals surface area (Å²) in [5.74, 6) is 0. The number of rotatable bonds is 9. The summed E-state index contributed by atoms with van der Waals surface area (Å²) in [6.07, 6.45) is 18.2. The van der Waals surface area contributed by atoms with Crippen molar-refractivity contribution in [3.63, 3.8) is 0 Å². The molecule has 0 saturated heterocycles. The number of unbranched alkanes of at least 4 members (excludes halogenated alkanes) is 6. The van der Waals surface area contributed by atoms with Crippen LogP contribution in [0, 0.1) is 0 Å². The molecule has 18 heavy (non-hydrogen) atoms. The van der Waals surface area contributed by atoms with Crippen LogP contribution in [0.1, 0.15) is 92.4 Å². The summed E-state index contributed by atoms with van der Waals surface area (Å²) < 4.78 is 0. The second kappa shape index (κ2) is 30.0. The van der Waals surface area contributed by atoms with Gasteiger partial charge in [0.05, 0.1) is 0 Å². The number of hydrogen-bond donors (Lipinski definition) is 0. The van der Waals surface area contributed by atoms with Crippen molar-refractivity contribution in [3.05, 3.63) is 24.8 Å². The highest BCUT2D eigenvalue weighted by Crippen LogP contribution is 2.02. The van der Waals surface area contributed by atoms with Crippen molar-refractivity contribution >= 4 is 0 Å². The van der Waals surface area contributed by atoms with Crippen LogP contribution in [0.4, 0.5) is 0 Å². The second-order valence-corrected chi connectivity index (χ2v) is 4.20.